The lowest BCUT2D eigenvalue weighted by atomic mass is 10.1. The molecule has 1 aromatic carbocycles. The zero-order chi connectivity index (χ0) is 13.6. The van der Waals surface area contributed by atoms with Gasteiger partial charge < -0.3 is 5.32 Å². The summed E-state index contributed by atoms with van der Waals surface area (Å²) in [6, 6.07) is 7.50. The van der Waals surface area contributed by atoms with Crippen molar-refractivity contribution in [3.63, 3.8) is 0 Å². The number of benzene rings is 1. The molecule has 0 radical (unpaired) electrons. The van der Waals surface area contributed by atoms with Gasteiger partial charge in [-0.1, -0.05) is 25.5 Å². The van der Waals surface area contributed by atoms with Crippen LogP contribution in [0.4, 0.5) is 5.69 Å². The molecule has 18 heavy (non-hydrogen) atoms. The molecule has 5 nitrogen and oxygen atoms in total. The van der Waals surface area contributed by atoms with Crippen LogP contribution in [0.5, 0.6) is 0 Å². The Kier molecular flexibility index (Phi) is 5.30. The lowest BCUT2D eigenvalue weighted by Gasteiger charge is -2.05. The summed E-state index contributed by atoms with van der Waals surface area (Å²) < 4.78 is 21.4. The molecule has 0 heterocycles. The average molecular weight is 270 g/mol. The van der Waals surface area contributed by atoms with E-state index in [-0.39, 0.29) is 18.1 Å². The SMILES string of the molecule is CCCc1ccc(NC(=O)CCS(N)(=O)=O)cc1. The molecule has 0 saturated carbocycles. The molecule has 0 aromatic heterocycles. The Morgan fingerprint density at radius 3 is 2.39 bits per heavy atom. The van der Waals surface area contributed by atoms with E-state index >= 15 is 0 Å². The highest BCUT2D eigenvalue weighted by Gasteiger charge is 2.08. The number of hydrogen-bond acceptors (Lipinski definition) is 3. The van der Waals surface area contributed by atoms with Gasteiger partial charge in [-0.25, -0.2) is 13.6 Å². The minimum atomic E-state index is -3.59. The van der Waals surface area contributed by atoms with E-state index in [2.05, 4.69) is 12.2 Å². The van der Waals surface area contributed by atoms with Crippen molar-refractivity contribution in [1.29, 1.82) is 0 Å². The fourth-order valence-electron chi connectivity index (χ4n) is 1.50. The van der Waals surface area contributed by atoms with Crippen LogP contribution in [0.3, 0.4) is 0 Å². The van der Waals surface area contributed by atoms with Gasteiger partial charge in [0.25, 0.3) is 0 Å². The maximum Gasteiger partial charge on any atom is 0.225 e. The highest BCUT2D eigenvalue weighted by Crippen LogP contribution is 2.11. The van der Waals surface area contributed by atoms with Crippen molar-refractivity contribution in [2.45, 2.75) is 26.2 Å². The van der Waals surface area contributed by atoms with Crippen LogP contribution in [0.1, 0.15) is 25.3 Å². The highest BCUT2D eigenvalue weighted by atomic mass is 32.2. The maximum atomic E-state index is 11.4. The number of nitrogens with one attached hydrogen (secondary N) is 1. The number of rotatable bonds is 6. The molecule has 0 spiro atoms. The molecule has 0 atom stereocenters. The van der Waals surface area contributed by atoms with Crippen LogP contribution in [-0.4, -0.2) is 20.1 Å². The van der Waals surface area contributed by atoms with Crippen molar-refractivity contribution in [3.05, 3.63) is 29.8 Å². The fourth-order valence-corrected chi connectivity index (χ4v) is 1.97. The van der Waals surface area contributed by atoms with Crippen molar-refractivity contribution in [2.24, 2.45) is 5.14 Å². The summed E-state index contributed by atoms with van der Waals surface area (Å²) in [5.41, 5.74) is 1.87. The number of carbonyl (C=O) groups is 1. The lowest BCUT2D eigenvalue weighted by molar-refractivity contribution is -0.115. The quantitative estimate of drug-likeness (QED) is 0.815. The summed E-state index contributed by atoms with van der Waals surface area (Å²) in [5, 5.41) is 7.45. The number of anilines is 1. The van der Waals surface area contributed by atoms with E-state index in [1.54, 1.807) is 12.1 Å². The molecule has 1 rings (SSSR count). The Balaban J connectivity index is 2.49. The van der Waals surface area contributed by atoms with Crippen LogP contribution in [-0.2, 0) is 21.2 Å². The first-order chi connectivity index (χ1) is 8.40. The maximum absolute atomic E-state index is 11.4. The Hall–Kier alpha value is -1.40. The van der Waals surface area contributed by atoms with Gasteiger partial charge in [-0.3, -0.25) is 4.79 Å². The molecule has 0 fully saturated rings. The fraction of sp³-hybridized carbons (Fsp3) is 0.417. The summed E-state index contributed by atoms with van der Waals surface area (Å²) in [6.07, 6.45) is 1.94. The van der Waals surface area contributed by atoms with Gasteiger partial charge in [-0.05, 0) is 24.1 Å². The third kappa shape index (κ3) is 5.79. The second-order valence-electron chi connectivity index (χ2n) is 4.11. The van der Waals surface area contributed by atoms with Crippen molar-refractivity contribution >= 4 is 21.6 Å². The molecular formula is C12H18N2O3S. The summed E-state index contributed by atoms with van der Waals surface area (Å²) in [4.78, 5) is 11.4. The minimum Gasteiger partial charge on any atom is -0.326 e. The zero-order valence-corrected chi connectivity index (χ0v) is 11.2. The predicted molar refractivity (Wildman–Crippen MR) is 71.7 cm³/mol. The second kappa shape index (κ2) is 6.51. The topological polar surface area (TPSA) is 89.3 Å². The first-order valence-corrected chi connectivity index (χ1v) is 7.51. The van der Waals surface area contributed by atoms with E-state index in [9.17, 15) is 13.2 Å². The van der Waals surface area contributed by atoms with Gasteiger partial charge in [-0.2, -0.15) is 0 Å². The molecule has 0 bridgehead atoms. The Morgan fingerprint density at radius 2 is 1.89 bits per heavy atom. The van der Waals surface area contributed by atoms with Crippen molar-refractivity contribution in [1.82, 2.24) is 0 Å². The van der Waals surface area contributed by atoms with E-state index in [1.165, 1.54) is 5.56 Å². The van der Waals surface area contributed by atoms with Crippen LogP contribution in [0, 0.1) is 0 Å². The van der Waals surface area contributed by atoms with Crippen LogP contribution in [0.2, 0.25) is 0 Å². The van der Waals surface area contributed by atoms with Gasteiger partial charge in [0.05, 0.1) is 5.75 Å². The minimum absolute atomic E-state index is 0.129. The van der Waals surface area contributed by atoms with E-state index in [0.29, 0.717) is 5.69 Å². The standard InChI is InChI=1S/C12H18N2O3S/c1-2-3-10-4-6-11(7-5-10)14-12(15)8-9-18(13,16)17/h4-7H,2-3,8-9H2,1H3,(H,14,15)(H2,13,16,17). The first-order valence-electron chi connectivity index (χ1n) is 5.80. The summed E-state index contributed by atoms with van der Waals surface area (Å²) in [7, 11) is -3.59. The van der Waals surface area contributed by atoms with E-state index in [1.807, 2.05) is 12.1 Å². The van der Waals surface area contributed by atoms with Crippen LogP contribution in [0.25, 0.3) is 0 Å². The first kappa shape index (κ1) is 14.7. The van der Waals surface area contributed by atoms with Gasteiger partial charge >= 0.3 is 0 Å². The van der Waals surface area contributed by atoms with Gasteiger partial charge in [0.2, 0.25) is 15.9 Å². The van der Waals surface area contributed by atoms with E-state index in [0.717, 1.165) is 12.8 Å². The third-order valence-electron chi connectivity index (χ3n) is 2.39. The van der Waals surface area contributed by atoms with Crippen LogP contribution < -0.4 is 10.5 Å². The smallest absolute Gasteiger partial charge is 0.225 e. The predicted octanol–water partition coefficient (Wildman–Crippen LogP) is 1.26. The molecule has 1 amide bonds. The molecule has 6 heteroatoms. The van der Waals surface area contributed by atoms with Crippen molar-refractivity contribution in [3.8, 4) is 0 Å². The Bertz CT molecular complexity index is 495. The van der Waals surface area contributed by atoms with Gasteiger partial charge in [0.1, 0.15) is 0 Å². The largest absolute Gasteiger partial charge is 0.326 e. The Labute approximate surface area is 107 Å². The van der Waals surface area contributed by atoms with Crippen molar-refractivity contribution < 1.29 is 13.2 Å². The summed E-state index contributed by atoms with van der Waals surface area (Å²) in [6.45, 7) is 2.10. The van der Waals surface area contributed by atoms with Crippen molar-refractivity contribution in [2.75, 3.05) is 11.1 Å². The van der Waals surface area contributed by atoms with Crippen LogP contribution in [0.15, 0.2) is 24.3 Å². The zero-order valence-electron chi connectivity index (χ0n) is 10.3. The summed E-state index contributed by atoms with van der Waals surface area (Å²) in [5.74, 6) is -0.695. The highest BCUT2D eigenvalue weighted by molar-refractivity contribution is 7.89. The molecule has 0 saturated heterocycles. The average Bonchev–Trinajstić information content (AvgIpc) is 2.29. The molecule has 0 aliphatic carbocycles. The monoisotopic (exact) mass is 270 g/mol. The normalized spacial score (nSPS) is 11.2. The number of amides is 1. The number of sulfonamides is 1. The molecule has 0 aliphatic heterocycles. The van der Waals surface area contributed by atoms with Gasteiger partial charge in [0.15, 0.2) is 0 Å². The third-order valence-corrected chi connectivity index (χ3v) is 3.16. The second-order valence-corrected chi connectivity index (χ2v) is 5.85. The molecule has 0 unspecified atom stereocenters. The molecule has 1 aromatic rings. The van der Waals surface area contributed by atoms with E-state index in [4.69, 9.17) is 5.14 Å². The van der Waals surface area contributed by atoms with Gasteiger partial charge in [-0.15, -0.1) is 0 Å². The molecule has 100 valence electrons. The summed E-state index contributed by atoms with van der Waals surface area (Å²) >= 11 is 0. The molecular weight excluding hydrogens is 252 g/mol. The molecule has 3 N–H and O–H groups in total. The number of carbonyl (C=O) groups excluding carboxylic acids is 1. The van der Waals surface area contributed by atoms with Crippen LogP contribution >= 0.6 is 0 Å². The number of hydrogen-bond donors (Lipinski definition) is 2. The Morgan fingerprint density at radius 1 is 1.28 bits per heavy atom. The molecule has 0 aliphatic rings. The number of nitrogens with two attached hydrogens (primary N) is 1. The lowest BCUT2D eigenvalue weighted by Crippen LogP contribution is -2.22. The van der Waals surface area contributed by atoms with E-state index < -0.39 is 10.0 Å². The number of primary sulfonamides is 1. The van der Waals surface area contributed by atoms with Gasteiger partial charge in [0, 0.05) is 12.1 Å². The number of aryl methyl sites for hydroxylation is 1.